The van der Waals surface area contributed by atoms with E-state index in [1.807, 2.05) is 6.07 Å². The minimum absolute atomic E-state index is 0.0449. The van der Waals surface area contributed by atoms with Gasteiger partial charge in [-0.1, -0.05) is 30.3 Å². The molecule has 110 valence electrons. The van der Waals surface area contributed by atoms with Crippen LogP contribution in [0.5, 0.6) is 0 Å². The lowest BCUT2D eigenvalue weighted by Crippen LogP contribution is -2.45. The second-order valence-electron chi connectivity index (χ2n) is 5.03. The van der Waals surface area contributed by atoms with E-state index in [0.29, 0.717) is 5.56 Å². The van der Waals surface area contributed by atoms with Gasteiger partial charge in [-0.15, -0.1) is 0 Å². The first-order valence-electron chi connectivity index (χ1n) is 6.55. The number of carbonyl (C=O) groups is 1. The van der Waals surface area contributed by atoms with Gasteiger partial charge >= 0.3 is 6.18 Å². The number of hydrogen-bond acceptors (Lipinski definition) is 2. The molecular weight excluding hydrogens is 269 g/mol. The van der Waals surface area contributed by atoms with Gasteiger partial charge in [0, 0.05) is 13.1 Å². The van der Waals surface area contributed by atoms with Gasteiger partial charge in [0.2, 0.25) is 5.91 Å². The molecule has 0 bridgehead atoms. The van der Waals surface area contributed by atoms with Crippen molar-refractivity contribution in [2.24, 2.45) is 11.7 Å². The van der Waals surface area contributed by atoms with Gasteiger partial charge in [-0.25, -0.2) is 0 Å². The second-order valence-corrected chi connectivity index (χ2v) is 5.03. The molecule has 6 heteroatoms. The van der Waals surface area contributed by atoms with Crippen molar-refractivity contribution in [2.75, 3.05) is 13.1 Å². The summed E-state index contributed by atoms with van der Waals surface area (Å²) in [4.78, 5) is 13.6. The third-order valence-corrected chi connectivity index (χ3v) is 3.69. The van der Waals surface area contributed by atoms with Gasteiger partial charge in [0.1, 0.15) is 6.04 Å². The topological polar surface area (TPSA) is 46.3 Å². The van der Waals surface area contributed by atoms with E-state index in [-0.39, 0.29) is 31.8 Å². The molecule has 0 aliphatic carbocycles. The first-order chi connectivity index (χ1) is 9.39. The fourth-order valence-corrected chi connectivity index (χ4v) is 2.43. The Bertz CT molecular complexity index is 453. The molecule has 1 aromatic carbocycles. The number of benzene rings is 1. The predicted octanol–water partition coefficient (Wildman–Crippen LogP) is 2.49. The van der Waals surface area contributed by atoms with Gasteiger partial charge in [-0.05, 0) is 18.4 Å². The van der Waals surface area contributed by atoms with Crippen LogP contribution < -0.4 is 5.73 Å². The maximum Gasteiger partial charge on any atom is 0.391 e. The molecular formula is C14H17F3N2O. The number of hydrogen-bond donors (Lipinski definition) is 1. The molecule has 1 saturated heterocycles. The first-order valence-corrected chi connectivity index (χ1v) is 6.55. The molecule has 1 fully saturated rings. The molecule has 1 amide bonds. The lowest BCUT2D eigenvalue weighted by molar-refractivity contribution is -0.186. The van der Waals surface area contributed by atoms with E-state index >= 15 is 0 Å². The number of halogens is 3. The maximum atomic E-state index is 12.6. The molecule has 0 radical (unpaired) electrons. The molecule has 3 nitrogen and oxygen atoms in total. The number of nitrogens with zero attached hydrogens (tertiary/aromatic N) is 1. The monoisotopic (exact) mass is 286 g/mol. The van der Waals surface area contributed by atoms with Crippen molar-refractivity contribution in [3.8, 4) is 0 Å². The zero-order chi connectivity index (χ0) is 14.8. The third-order valence-electron chi connectivity index (χ3n) is 3.69. The smallest absolute Gasteiger partial charge is 0.341 e. The summed E-state index contributed by atoms with van der Waals surface area (Å²) in [5, 5.41) is 0. The van der Waals surface area contributed by atoms with Gasteiger partial charge in [0.15, 0.2) is 0 Å². The predicted molar refractivity (Wildman–Crippen MR) is 68.7 cm³/mol. The van der Waals surface area contributed by atoms with E-state index in [0.717, 1.165) is 0 Å². The Morgan fingerprint density at radius 1 is 1.20 bits per heavy atom. The number of amides is 1. The van der Waals surface area contributed by atoms with Crippen molar-refractivity contribution in [3.05, 3.63) is 35.9 Å². The average Bonchev–Trinajstić information content (AvgIpc) is 2.46. The third kappa shape index (κ3) is 3.30. The highest BCUT2D eigenvalue weighted by Crippen LogP contribution is 2.34. The number of carbonyl (C=O) groups excluding carboxylic acids is 1. The molecule has 1 atom stereocenters. The second kappa shape index (κ2) is 5.83. The molecule has 1 aliphatic rings. The van der Waals surface area contributed by atoms with Crippen LogP contribution >= 0.6 is 0 Å². The molecule has 0 unspecified atom stereocenters. The summed E-state index contributed by atoms with van der Waals surface area (Å²) >= 11 is 0. The van der Waals surface area contributed by atoms with Crippen molar-refractivity contribution in [2.45, 2.75) is 25.1 Å². The van der Waals surface area contributed by atoms with Crippen LogP contribution in [0.1, 0.15) is 24.4 Å². The molecule has 1 aliphatic heterocycles. The maximum absolute atomic E-state index is 12.6. The van der Waals surface area contributed by atoms with Crippen LogP contribution in [0.4, 0.5) is 13.2 Å². The van der Waals surface area contributed by atoms with Crippen molar-refractivity contribution in [1.82, 2.24) is 4.90 Å². The molecule has 0 saturated carbocycles. The normalized spacial score (nSPS) is 18.9. The Kier molecular flexibility index (Phi) is 4.32. The van der Waals surface area contributed by atoms with Gasteiger partial charge in [-0.3, -0.25) is 4.79 Å². The zero-order valence-corrected chi connectivity index (χ0v) is 10.9. The molecule has 1 aromatic rings. The SMILES string of the molecule is N[C@H](C(=O)N1CCC(C(F)(F)F)CC1)c1ccccc1. The van der Waals surface area contributed by atoms with E-state index in [1.165, 1.54) is 4.90 Å². The molecule has 2 N–H and O–H groups in total. The number of likely N-dealkylation sites (tertiary alicyclic amines) is 1. The minimum atomic E-state index is -4.17. The van der Waals surface area contributed by atoms with Crippen LogP contribution in [0.3, 0.4) is 0 Å². The summed E-state index contributed by atoms with van der Waals surface area (Å²) in [5.74, 6) is -1.61. The Morgan fingerprint density at radius 3 is 2.25 bits per heavy atom. The summed E-state index contributed by atoms with van der Waals surface area (Å²) in [5.41, 5.74) is 6.55. The lowest BCUT2D eigenvalue weighted by Gasteiger charge is -2.34. The van der Waals surface area contributed by atoms with Crippen LogP contribution in [-0.4, -0.2) is 30.1 Å². The van der Waals surface area contributed by atoms with E-state index in [2.05, 4.69) is 0 Å². The Labute approximate surface area is 115 Å². The average molecular weight is 286 g/mol. The number of alkyl halides is 3. The lowest BCUT2D eigenvalue weighted by atomic mass is 9.95. The van der Waals surface area contributed by atoms with Gasteiger partial charge in [0.05, 0.1) is 5.92 Å². The number of piperidine rings is 1. The van der Waals surface area contributed by atoms with Crippen molar-refractivity contribution < 1.29 is 18.0 Å². The fourth-order valence-electron chi connectivity index (χ4n) is 2.43. The highest BCUT2D eigenvalue weighted by Gasteiger charge is 2.42. The van der Waals surface area contributed by atoms with Crippen LogP contribution in [0.2, 0.25) is 0 Å². The van der Waals surface area contributed by atoms with Crippen molar-refractivity contribution in [1.29, 1.82) is 0 Å². The summed E-state index contributed by atoms with van der Waals surface area (Å²) < 4.78 is 37.7. The fraction of sp³-hybridized carbons (Fsp3) is 0.500. The van der Waals surface area contributed by atoms with Gasteiger partial charge < -0.3 is 10.6 Å². The van der Waals surface area contributed by atoms with Crippen molar-refractivity contribution >= 4 is 5.91 Å². The largest absolute Gasteiger partial charge is 0.391 e. The Hall–Kier alpha value is -1.56. The van der Waals surface area contributed by atoms with Crippen molar-refractivity contribution in [3.63, 3.8) is 0 Å². The summed E-state index contributed by atoms with van der Waals surface area (Å²) in [7, 11) is 0. The van der Waals surface area contributed by atoms with E-state index in [1.54, 1.807) is 24.3 Å². The van der Waals surface area contributed by atoms with Gasteiger partial charge in [-0.2, -0.15) is 13.2 Å². The van der Waals surface area contributed by atoms with Gasteiger partial charge in [0.25, 0.3) is 0 Å². The van der Waals surface area contributed by atoms with Crippen LogP contribution in [0, 0.1) is 5.92 Å². The Balaban J connectivity index is 1.95. The highest BCUT2D eigenvalue weighted by atomic mass is 19.4. The molecule has 0 aromatic heterocycles. The quantitative estimate of drug-likeness (QED) is 0.908. The Morgan fingerprint density at radius 2 is 1.75 bits per heavy atom. The number of nitrogens with two attached hydrogens (primary N) is 1. The van der Waals surface area contributed by atoms with Crippen LogP contribution in [0.15, 0.2) is 30.3 Å². The van der Waals surface area contributed by atoms with E-state index < -0.39 is 18.1 Å². The molecule has 20 heavy (non-hydrogen) atoms. The standard InChI is InChI=1S/C14H17F3N2O/c15-14(16,17)11-6-8-19(9-7-11)13(20)12(18)10-4-2-1-3-5-10/h1-5,11-12H,6-9,18H2/t12-/m0/s1. The highest BCUT2D eigenvalue weighted by molar-refractivity contribution is 5.83. The summed E-state index contributed by atoms with van der Waals surface area (Å²) in [6.45, 7) is 0.229. The molecule has 2 rings (SSSR count). The molecule has 1 heterocycles. The number of rotatable bonds is 2. The molecule has 0 spiro atoms. The summed E-state index contributed by atoms with van der Waals surface area (Å²) in [6.07, 6.45) is -4.26. The van der Waals surface area contributed by atoms with E-state index in [9.17, 15) is 18.0 Å². The van der Waals surface area contributed by atoms with Crippen LogP contribution in [-0.2, 0) is 4.79 Å². The first kappa shape index (κ1) is 14.8. The van der Waals surface area contributed by atoms with Crippen LogP contribution in [0.25, 0.3) is 0 Å². The van der Waals surface area contributed by atoms with E-state index in [4.69, 9.17) is 5.73 Å². The minimum Gasteiger partial charge on any atom is -0.341 e. The summed E-state index contributed by atoms with van der Waals surface area (Å²) in [6, 6.07) is 8.04. The zero-order valence-electron chi connectivity index (χ0n) is 10.9.